The Bertz CT molecular complexity index is 457. The molecule has 1 saturated carbocycles. The van der Waals surface area contributed by atoms with Crippen LogP contribution in [0, 0.1) is 0 Å². The molecule has 7 nitrogen and oxygen atoms in total. The van der Waals surface area contributed by atoms with E-state index < -0.39 is 0 Å². The molecule has 1 aromatic heterocycles. The highest BCUT2D eigenvalue weighted by atomic mass is 16.5. The van der Waals surface area contributed by atoms with Crippen molar-refractivity contribution in [1.29, 1.82) is 0 Å². The van der Waals surface area contributed by atoms with Crippen molar-refractivity contribution in [2.45, 2.75) is 51.0 Å². The first-order valence-corrected chi connectivity index (χ1v) is 8.03. The molecule has 124 valence electrons. The Morgan fingerprint density at radius 1 is 1.41 bits per heavy atom. The molecule has 1 fully saturated rings. The normalized spacial score (nSPS) is 17.4. The predicted octanol–water partition coefficient (Wildman–Crippen LogP) is 1.53. The van der Waals surface area contributed by atoms with Crippen LogP contribution in [0.2, 0.25) is 0 Å². The van der Waals surface area contributed by atoms with Crippen molar-refractivity contribution >= 4 is 5.91 Å². The number of methoxy groups -OCH3 is 1. The second kappa shape index (κ2) is 8.85. The minimum absolute atomic E-state index is 0.0963. The number of nitrogens with zero attached hydrogens (tertiary/aromatic N) is 2. The Labute approximate surface area is 131 Å². The van der Waals surface area contributed by atoms with Gasteiger partial charge in [0.25, 0.3) is 0 Å². The third-order valence-corrected chi connectivity index (χ3v) is 3.94. The lowest BCUT2D eigenvalue weighted by Gasteiger charge is -2.17. The Balaban J connectivity index is 1.78. The summed E-state index contributed by atoms with van der Waals surface area (Å²) in [6.07, 6.45) is 6.01. The van der Waals surface area contributed by atoms with Crippen molar-refractivity contribution in [1.82, 2.24) is 20.8 Å². The fourth-order valence-electron chi connectivity index (χ4n) is 2.68. The van der Waals surface area contributed by atoms with Gasteiger partial charge in [0.15, 0.2) is 5.82 Å². The lowest BCUT2D eigenvalue weighted by Crippen LogP contribution is -2.36. The zero-order valence-electron chi connectivity index (χ0n) is 13.4. The predicted molar refractivity (Wildman–Crippen MR) is 81.4 cm³/mol. The number of amides is 1. The second-order valence-corrected chi connectivity index (χ2v) is 5.78. The molecule has 0 aliphatic heterocycles. The van der Waals surface area contributed by atoms with Crippen LogP contribution in [-0.4, -0.2) is 42.9 Å². The summed E-state index contributed by atoms with van der Waals surface area (Å²) in [4.78, 5) is 16.3. The van der Waals surface area contributed by atoms with Gasteiger partial charge in [0.05, 0.1) is 13.2 Å². The van der Waals surface area contributed by atoms with Gasteiger partial charge in [-0.25, -0.2) is 0 Å². The van der Waals surface area contributed by atoms with Gasteiger partial charge in [-0.05, 0) is 19.8 Å². The van der Waals surface area contributed by atoms with E-state index in [4.69, 9.17) is 9.26 Å². The molecule has 1 aromatic rings. The van der Waals surface area contributed by atoms with E-state index in [1.165, 1.54) is 19.3 Å². The summed E-state index contributed by atoms with van der Waals surface area (Å²) in [6, 6.07) is -0.276. The number of aromatic nitrogens is 2. The molecule has 0 spiro atoms. The van der Waals surface area contributed by atoms with Gasteiger partial charge in [-0.2, -0.15) is 4.98 Å². The number of rotatable bonds is 8. The summed E-state index contributed by atoms with van der Waals surface area (Å²) in [7, 11) is 1.63. The Hall–Kier alpha value is -1.47. The molecule has 2 N–H and O–H groups in total. The number of carbonyl (C=O) groups excluding carboxylic acids is 1. The summed E-state index contributed by atoms with van der Waals surface area (Å²) < 4.78 is 10.2. The maximum absolute atomic E-state index is 11.8. The maximum Gasteiger partial charge on any atom is 0.248 e. The number of ether oxygens (including phenoxy) is 1. The summed E-state index contributed by atoms with van der Waals surface area (Å²) in [5.74, 6) is 1.57. The van der Waals surface area contributed by atoms with E-state index in [0.717, 1.165) is 18.7 Å². The van der Waals surface area contributed by atoms with Crippen molar-refractivity contribution in [3.8, 4) is 0 Å². The maximum atomic E-state index is 11.8. The molecule has 1 heterocycles. The fraction of sp³-hybridized carbons (Fsp3) is 0.800. The molecule has 22 heavy (non-hydrogen) atoms. The van der Waals surface area contributed by atoms with Gasteiger partial charge in [-0.1, -0.05) is 24.4 Å². The van der Waals surface area contributed by atoms with E-state index in [1.807, 2.05) is 6.92 Å². The third-order valence-electron chi connectivity index (χ3n) is 3.94. The van der Waals surface area contributed by atoms with Gasteiger partial charge in [0.1, 0.15) is 6.04 Å². The van der Waals surface area contributed by atoms with E-state index in [1.54, 1.807) is 7.11 Å². The minimum atomic E-state index is -0.276. The molecule has 0 saturated heterocycles. The monoisotopic (exact) mass is 310 g/mol. The molecular weight excluding hydrogens is 284 g/mol. The van der Waals surface area contributed by atoms with Crippen LogP contribution < -0.4 is 10.6 Å². The van der Waals surface area contributed by atoms with Crippen LogP contribution in [0.3, 0.4) is 0 Å². The lowest BCUT2D eigenvalue weighted by molar-refractivity contribution is -0.121. The molecular formula is C15H26N4O3. The Morgan fingerprint density at radius 2 is 2.18 bits per heavy atom. The highest BCUT2D eigenvalue weighted by Crippen LogP contribution is 2.31. The van der Waals surface area contributed by atoms with Gasteiger partial charge in [0, 0.05) is 19.6 Å². The smallest absolute Gasteiger partial charge is 0.248 e. The SMILES string of the molecule is COCCNCC(=O)NC(C)c1nc(C2CCCCC2)no1. The summed E-state index contributed by atoms with van der Waals surface area (Å²) in [5, 5.41) is 9.93. The van der Waals surface area contributed by atoms with Gasteiger partial charge >= 0.3 is 0 Å². The summed E-state index contributed by atoms with van der Waals surface area (Å²) in [6.45, 7) is 3.32. The average molecular weight is 310 g/mol. The van der Waals surface area contributed by atoms with Crippen LogP contribution in [0.5, 0.6) is 0 Å². The highest BCUT2D eigenvalue weighted by molar-refractivity contribution is 5.78. The van der Waals surface area contributed by atoms with Crippen LogP contribution in [0.4, 0.5) is 0 Å². The van der Waals surface area contributed by atoms with Crippen molar-refractivity contribution < 1.29 is 14.1 Å². The molecule has 1 amide bonds. The molecule has 2 rings (SSSR count). The number of nitrogens with one attached hydrogen (secondary N) is 2. The van der Waals surface area contributed by atoms with Crippen molar-refractivity contribution in [3.05, 3.63) is 11.7 Å². The molecule has 1 aliphatic rings. The van der Waals surface area contributed by atoms with Crippen LogP contribution in [0.25, 0.3) is 0 Å². The van der Waals surface area contributed by atoms with E-state index in [-0.39, 0.29) is 18.5 Å². The quantitative estimate of drug-likeness (QED) is 0.708. The topological polar surface area (TPSA) is 89.3 Å². The molecule has 1 aliphatic carbocycles. The van der Waals surface area contributed by atoms with Crippen molar-refractivity contribution in [3.63, 3.8) is 0 Å². The van der Waals surface area contributed by atoms with Crippen molar-refractivity contribution in [2.24, 2.45) is 0 Å². The van der Waals surface area contributed by atoms with E-state index in [0.29, 0.717) is 25.0 Å². The van der Waals surface area contributed by atoms with Crippen LogP contribution in [-0.2, 0) is 9.53 Å². The Morgan fingerprint density at radius 3 is 2.91 bits per heavy atom. The zero-order chi connectivity index (χ0) is 15.8. The summed E-state index contributed by atoms with van der Waals surface area (Å²) >= 11 is 0. The second-order valence-electron chi connectivity index (χ2n) is 5.78. The van der Waals surface area contributed by atoms with Crippen LogP contribution >= 0.6 is 0 Å². The highest BCUT2D eigenvalue weighted by Gasteiger charge is 2.23. The summed E-state index contributed by atoms with van der Waals surface area (Å²) in [5.41, 5.74) is 0. The number of carbonyl (C=O) groups is 1. The van der Waals surface area contributed by atoms with Gasteiger partial charge in [-0.15, -0.1) is 0 Å². The van der Waals surface area contributed by atoms with E-state index in [2.05, 4.69) is 20.8 Å². The number of hydrogen-bond acceptors (Lipinski definition) is 6. The largest absolute Gasteiger partial charge is 0.383 e. The molecule has 0 aromatic carbocycles. The Kier molecular flexibility index (Phi) is 6.79. The average Bonchev–Trinajstić information content (AvgIpc) is 3.02. The molecule has 0 bridgehead atoms. The lowest BCUT2D eigenvalue weighted by atomic mass is 9.89. The molecule has 1 unspecified atom stereocenters. The van der Waals surface area contributed by atoms with E-state index in [9.17, 15) is 4.79 Å². The van der Waals surface area contributed by atoms with Crippen molar-refractivity contribution in [2.75, 3.05) is 26.8 Å². The van der Waals surface area contributed by atoms with Crippen LogP contribution in [0.1, 0.15) is 62.7 Å². The van der Waals surface area contributed by atoms with Crippen LogP contribution in [0.15, 0.2) is 4.52 Å². The van der Waals surface area contributed by atoms with E-state index >= 15 is 0 Å². The third kappa shape index (κ3) is 5.06. The first-order chi connectivity index (χ1) is 10.7. The number of hydrogen-bond donors (Lipinski definition) is 2. The fourth-order valence-corrected chi connectivity index (χ4v) is 2.68. The van der Waals surface area contributed by atoms with Gasteiger partial charge in [0.2, 0.25) is 11.8 Å². The standard InChI is InChI=1S/C15H26N4O3/c1-11(17-13(20)10-16-8-9-21-2)15-18-14(19-22-15)12-6-4-3-5-7-12/h11-12,16H,3-10H2,1-2H3,(H,17,20). The molecule has 7 heteroatoms. The van der Waals surface area contributed by atoms with Gasteiger partial charge in [-0.3, -0.25) is 4.79 Å². The minimum Gasteiger partial charge on any atom is -0.383 e. The zero-order valence-corrected chi connectivity index (χ0v) is 13.4. The first kappa shape index (κ1) is 16.9. The van der Waals surface area contributed by atoms with Gasteiger partial charge < -0.3 is 19.9 Å². The molecule has 1 atom stereocenters. The first-order valence-electron chi connectivity index (χ1n) is 8.03. The molecule has 0 radical (unpaired) electrons.